The van der Waals surface area contributed by atoms with E-state index in [2.05, 4.69) is 16.5 Å². The van der Waals surface area contributed by atoms with Gasteiger partial charge in [-0.25, -0.2) is 0 Å². The molecule has 0 aliphatic carbocycles. The number of guanidine groups is 1. The highest BCUT2D eigenvalue weighted by atomic mass is 16.5. The summed E-state index contributed by atoms with van der Waals surface area (Å²) in [5.74, 6) is 1.70. The summed E-state index contributed by atoms with van der Waals surface area (Å²) >= 11 is 0. The number of ether oxygens (including phenoxy) is 1. The molecule has 1 aromatic heterocycles. The number of methoxy groups -OCH3 is 1. The molecule has 0 spiro atoms. The second-order valence-electron chi connectivity index (χ2n) is 6.64. The Labute approximate surface area is 165 Å². The number of hydrogen-bond acceptors (Lipinski definition) is 4. The fourth-order valence-corrected chi connectivity index (χ4v) is 3.29. The van der Waals surface area contributed by atoms with Crippen molar-refractivity contribution in [2.24, 2.45) is 12.0 Å². The van der Waals surface area contributed by atoms with E-state index < -0.39 is 0 Å². The average molecular weight is 384 g/mol. The van der Waals surface area contributed by atoms with Gasteiger partial charge in [0.25, 0.3) is 0 Å². The molecule has 8 heteroatoms. The van der Waals surface area contributed by atoms with Crippen molar-refractivity contribution in [3.8, 4) is 5.75 Å². The Morgan fingerprint density at radius 3 is 2.82 bits per heavy atom. The van der Waals surface area contributed by atoms with Crippen LogP contribution in [0.1, 0.15) is 12.5 Å². The highest BCUT2D eigenvalue weighted by Gasteiger charge is 2.27. The van der Waals surface area contributed by atoms with E-state index in [1.807, 2.05) is 43.3 Å². The first-order valence-corrected chi connectivity index (χ1v) is 9.56. The average Bonchev–Trinajstić information content (AvgIpc) is 3.13. The molecule has 0 bridgehead atoms. The lowest BCUT2D eigenvalue weighted by atomic mass is 10.1. The van der Waals surface area contributed by atoms with Gasteiger partial charge in [-0.3, -0.25) is 14.5 Å². The number of aliphatic imine (C=N–C) groups is 1. The molecular weight excluding hydrogens is 356 g/mol. The number of nitrogens with one attached hydrogen (secondary N) is 1. The number of carbonyl (C=O) groups excluding carboxylic acids is 1. The Balaban J connectivity index is 1.63. The lowest BCUT2D eigenvalue weighted by Crippen LogP contribution is -2.55. The number of benzene rings is 1. The van der Waals surface area contributed by atoms with E-state index in [1.165, 1.54) is 0 Å². The zero-order valence-corrected chi connectivity index (χ0v) is 16.8. The Hall–Kier alpha value is -3.03. The predicted octanol–water partition coefficient (Wildman–Crippen LogP) is 1.29. The molecule has 0 saturated carbocycles. The second kappa shape index (κ2) is 9.25. The quantitative estimate of drug-likeness (QED) is 0.600. The van der Waals surface area contributed by atoms with Crippen molar-refractivity contribution in [2.45, 2.75) is 13.3 Å². The van der Waals surface area contributed by atoms with E-state index in [1.54, 1.807) is 22.9 Å². The van der Waals surface area contributed by atoms with E-state index in [4.69, 9.17) is 9.73 Å². The van der Waals surface area contributed by atoms with Crippen LogP contribution in [0.3, 0.4) is 0 Å². The van der Waals surface area contributed by atoms with Gasteiger partial charge in [0.15, 0.2) is 5.96 Å². The molecule has 2 heterocycles. The van der Waals surface area contributed by atoms with E-state index in [0.717, 1.165) is 42.5 Å². The van der Waals surface area contributed by atoms with Gasteiger partial charge in [-0.2, -0.15) is 5.10 Å². The normalized spacial score (nSPS) is 15.1. The van der Waals surface area contributed by atoms with Gasteiger partial charge in [0.1, 0.15) is 12.3 Å². The van der Waals surface area contributed by atoms with E-state index in [9.17, 15) is 4.79 Å². The standard InChI is InChI=1S/C20H28N6O2/c1-4-21-20(22-10-9-16-7-5-6-8-18(16)28-3)25-11-12-26(19(27)15-25)17-13-23-24(2)14-17/h5-8,13-14H,4,9-12,15H2,1-3H3,(H,21,22). The second-order valence-corrected chi connectivity index (χ2v) is 6.64. The summed E-state index contributed by atoms with van der Waals surface area (Å²) in [5.41, 5.74) is 1.97. The molecule has 8 nitrogen and oxygen atoms in total. The van der Waals surface area contributed by atoms with Crippen LogP contribution in [-0.2, 0) is 18.3 Å². The van der Waals surface area contributed by atoms with Crippen LogP contribution in [0.4, 0.5) is 5.69 Å². The number of hydrogen-bond donors (Lipinski definition) is 1. The fraction of sp³-hybridized carbons (Fsp3) is 0.450. The molecule has 1 saturated heterocycles. The predicted molar refractivity (Wildman–Crippen MR) is 110 cm³/mol. The summed E-state index contributed by atoms with van der Waals surface area (Å²) in [6.07, 6.45) is 4.36. The highest BCUT2D eigenvalue weighted by Crippen LogP contribution is 2.18. The van der Waals surface area contributed by atoms with Crippen LogP contribution >= 0.6 is 0 Å². The lowest BCUT2D eigenvalue weighted by molar-refractivity contribution is -0.120. The van der Waals surface area contributed by atoms with Crippen molar-refractivity contribution >= 4 is 17.6 Å². The molecule has 0 radical (unpaired) electrons. The van der Waals surface area contributed by atoms with Crippen molar-refractivity contribution in [1.29, 1.82) is 0 Å². The van der Waals surface area contributed by atoms with Crippen LogP contribution in [0.25, 0.3) is 0 Å². The van der Waals surface area contributed by atoms with E-state index in [0.29, 0.717) is 19.6 Å². The number of para-hydroxylation sites is 1. The van der Waals surface area contributed by atoms with Crippen molar-refractivity contribution in [3.05, 3.63) is 42.2 Å². The fourth-order valence-electron chi connectivity index (χ4n) is 3.29. The topological polar surface area (TPSA) is 75.0 Å². The van der Waals surface area contributed by atoms with Crippen LogP contribution in [-0.4, -0.2) is 66.4 Å². The number of aromatic nitrogens is 2. The van der Waals surface area contributed by atoms with Crippen LogP contribution in [0.5, 0.6) is 5.75 Å². The Morgan fingerprint density at radius 1 is 1.32 bits per heavy atom. The number of carbonyl (C=O) groups is 1. The molecule has 0 atom stereocenters. The third-order valence-corrected chi connectivity index (χ3v) is 4.69. The van der Waals surface area contributed by atoms with Crippen LogP contribution in [0, 0.1) is 0 Å². The summed E-state index contributed by atoms with van der Waals surface area (Å²) in [4.78, 5) is 21.2. The molecule has 1 amide bonds. The summed E-state index contributed by atoms with van der Waals surface area (Å²) in [6.45, 7) is 5.05. The highest BCUT2D eigenvalue weighted by molar-refractivity contribution is 5.98. The zero-order chi connectivity index (χ0) is 19.9. The monoisotopic (exact) mass is 384 g/mol. The maximum atomic E-state index is 12.6. The van der Waals surface area contributed by atoms with Gasteiger partial charge in [0.2, 0.25) is 5.91 Å². The minimum absolute atomic E-state index is 0.0505. The summed E-state index contributed by atoms with van der Waals surface area (Å²) < 4.78 is 7.11. The first-order chi connectivity index (χ1) is 13.6. The van der Waals surface area contributed by atoms with Crippen LogP contribution in [0.15, 0.2) is 41.7 Å². The molecule has 3 rings (SSSR count). The van der Waals surface area contributed by atoms with Gasteiger partial charge in [-0.15, -0.1) is 0 Å². The maximum absolute atomic E-state index is 12.6. The molecule has 1 aliphatic heterocycles. The van der Waals surface area contributed by atoms with Crippen molar-refractivity contribution in [2.75, 3.05) is 44.7 Å². The number of piperazine rings is 1. The molecule has 0 unspecified atom stereocenters. The van der Waals surface area contributed by atoms with Gasteiger partial charge >= 0.3 is 0 Å². The maximum Gasteiger partial charge on any atom is 0.246 e. The third kappa shape index (κ3) is 4.62. The first kappa shape index (κ1) is 19.7. The lowest BCUT2D eigenvalue weighted by Gasteiger charge is -2.35. The van der Waals surface area contributed by atoms with Crippen molar-refractivity contribution in [1.82, 2.24) is 20.0 Å². The molecule has 1 N–H and O–H groups in total. The number of aryl methyl sites for hydroxylation is 1. The molecule has 2 aromatic rings. The summed E-state index contributed by atoms with van der Waals surface area (Å²) in [5, 5.41) is 7.46. The van der Waals surface area contributed by atoms with Crippen molar-refractivity contribution in [3.63, 3.8) is 0 Å². The van der Waals surface area contributed by atoms with Crippen LogP contribution < -0.4 is 15.0 Å². The van der Waals surface area contributed by atoms with Gasteiger partial charge in [-0.05, 0) is 25.0 Å². The minimum atomic E-state index is 0.0505. The van der Waals surface area contributed by atoms with Gasteiger partial charge in [-0.1, -0.05) is 18.2 Å². The molecule has 1 aliphatic rings. The Bertz CT molecular complexity index is 832. The van der Waals surface area contributed by atoms with Gasteiger partial charge in [0, 0.05) is 39.4 Å². The molecule has 1 fully saturated rings. The smallest absolute Gasteiger partial charge is 0.246 e. The summed E-state index contributed by atoms with van der Waals surface area (Å²) in [6, 6.07) is 7.98. The number of rotatable bonds is 6. The molecule has 28 heavy (non-hydrogen) atoms. The van der Waals surface area contributed by atoms with E-state index in [-0.39, 0.29) is 5.91 Å². The first-order valence-electron chi connectivity index (χ1n) is 9.56. The number of nitrogens with zero attached hydrogens (tertiary/aromatic N) is 5. The Morgan fingerprint density at radius 2 is 2.14 bits per heavy atom. The largest absolute Gasteiger partial charge is 0.496 e. The molecular formula is C20H28N6O2. The van der Waals surface area contributed by atoms with Gasteiger partial charge < -0.3 is 19.9 Å². The summed E-state index contributed by atoms with van der Waals surface area (Å²) in [7, 11) is 3.53. The third-order valence-electron chi connectivity index (χ3n) is 4.69. The number of anilines is 1. The SMILES string of the molecule is CCNC(=NCCc1ccccc1OC)N1CCN(c2cnn(C)c2)C(=O)C1. The van der Waals surface area contributed by atoms with Crippen LogP contribution in [0.2, 0.25) is 0 Å². The van der Waals surface area contributed by atoms with Gasteiger partial charge in [0.05, 0.1) is 19.0 Å². The number of amides is 1. The zero-order valence-electron chi connectivity index (χ0n) is 16.8. The molecule has 1 aromatic carbocycles. The van der Waals surface area contributed by atoms with E-state index >= 15 is 0 Å². The Kier molecular flexibility index (Phi) is 6.52. The minimum Gasteiger partial charge on any atom is -0.496 e. The molecule has 150 valence electrons. The van der Waals surface area contributed by atoms with Crippen molar-refractivity contribution < 1.29 is 9.53 Å².